The standard InChI is InChI=1S/C32H38N4O4S/c1-21-17-22(2)19-25(18-21)28(29(37)34-26-12-11-23-9-7-8-10-24(23)20-26)36(15-14-33)30(38)27(13-16-41-6)35-31(39)40-32(3,4)5/h7-12,17-20,27-28H,13,15-16H2,1-6H3,(H,34,37)(H,35,39). The maximum atomic E-state index is 14.1. The van der Waals surface area contributed by atoms with Crippen molar-refractivity contribution in [1.29, 1.82) is 5.26 Å². The molecule has 0 spiro atoms. The van der Waals surface area contributed by atoms with E-state index < -0.39 is 35.6 Å². The van der Waals surface area contributed by atoms with Crippen LogP contribution in [0.15, 0.2) is 60.7 Å². The van der Waals surface area contributed by atoms with Crippen molar-refractivity contribution in [2.24, 2.45) is 0 Å². The van der Waals surface area contributed by atoms with Gasteiger partial charge < -0.3 is 20.3 Å². The maximum Gasteiger partial charge on any atom is 0.408 e. The van der Waals surface area contributed by atoms with Crippen LogP contribution in [0, 0.1) is 25.2 Å². The topological polar surface area (TPSA) is 112 Å². The Labute approximate surface area is 246 Å². The van der Waals surface area contributed by atoms with Crippen LogP contribution in [0.5, 0.6) is 0 Å². The molecular formula is C32H38N4O4S. The molecule has 9 heteroatoms. The molecule has 3 amide bonds. The largest absolute Gasteiger partial charge is 0.444 e. The summed E-state index contributed by atoms with van der Waals surface area (Å²) in [6, 6.07) is 19.0. The molecule has 2 atom stereocenters. The van der Waals surface area contributed by atoms with Crippen LogP contribution in [0.1, 0.15) is 49.9 Å². The fraction of sp³-hybridized carbons (Fsp3) is 0.375. The van der Waals surface area contributed by atoms with Gasteiger partial charge in [-0.2, -0.15) is 17.0 Å². The van der Waals surface area contributed by atoms with Crippen molar-refractivity contribution in [3.8, 4) is 6.07 Å². The van der Waals surface area contributed by atoms with Crippen molar-refractivity contribution in [2.45, 2.75) is 58.7 Å². The third kappa shape index (κ3) is 8.98. The van der Waals surface area contributed by atoms with Crippen LogP contribution in [0.2, 0.25) is 0 Å². The van der Waals surface area contributed by atoms with Crippen molar-refractivity contribution in [3.63, 3.8) is 0 Å². The molecule has 3 rings (SSSR count). The van der Waals surface area contributed by atoms with E-state index in [-0.39, 0.29) is 6.54 Å². The molecule has 0 aliphatic rings. The first-order chi connectivity index (χ1) is 19.4. The Hall–Kier alpha value is -4.03. The first-order valence-electron chi connectivity index (χ1n) is 13.5. The molecule has 8 nitrogen and oxygen atoms in total. The molecule has 0 saturated heterocycles. The summed E-state index contributed by atoms with van der Waals surface area (Å²) in [5.41, 5.74) is 2.21. The zero-order chi connectivity index (χ0) is 30.2. The molecule has 2 N–H and O–H groups in total. The van der Waals surface area contributed by atoms with Crippen LogP contribution < -0.4 is 10.6 Å². The predicted octanol–water partition coefficient (Wildman–Crippen LogP) is 6.14. The molecule has 2 unspecified atom stereocenters. The summed E-state index contributed by atoms with van der Waals surface area (Å²) in [6.45, 7) is 8.68. The van der Waals surface area contributed by atoms with Crippen molar-refractivity contribution in [3.05, 3.63) is 77.4 Å². The summed E-state index contributed by atoms with van der Waals surface area (Å²) in [7, 11) is 0. The highest BCUT2D eigenvalue weighted by molar-refractivity contribution is 7.98. The lowest BCUT2D eigenvalue weighted by Gasteiger charge is -2.33. The van der Waals surface area contributed by atoms with Gasteiger partial charge in [0.25, 0.3) is 5.91 Å². The van der Waals surface area contributed by atoms with E-state index in [1.165, 1.54) is 16.7 Å². The molecule has 0 aliphatic carbocycles. The normalized spacial score (nSPS) is 12.6. The second kappa shape index (κ2) is 14.0. The van der Waals surface area contributed by atoms with Crippen LogP contribution in [0.4, 0.5) is 10.5 Å². The number of anilines is 1. The number of nitriles is 1. The molecule has 0 heterocycles. The number of amides is 3. The molecule has 0 aromatic heterocycles. The van der Waals surface area contributed by atoms with Gasteiger partial charge >= 0.3 is 6.09 Å². The Morgan fingerprint density at radius 1 is 1.00 bits per heavy atom. The molecule has 0 radical (unpaired) electrons. The fourth-order valence-electron chi connectivity index (χ4n) is 4.63. The average Bonchev–Trinajstić information content (AvgIpc) is 2.88. The Balaban J connectivity index is 2.03. The Kier molecular flexibility index (Phi) is 10.8. The van der Waals surface area contributed by atoms with E-state index in [4.69, 9.17) is 4.74 Å². The Morgan fingerprint density at radius 3 is 2.27 bits per heavy atom. The molecule has 0 fully saturated rings. The van der Waals surface area contributed by atoms with Gasteiger partial charge in [0.2, 0.25) is 5.91 Å². The van der Waals surface area contributed by atoms with E-state index in [9.17, 15) is 19.6 Å². The fourth-order valence-corrected chi connectivity index (χ4v) is 5.11. The van der Waals surface area contributed by atoms with E-state index >= 15 is 0 Å². The molecule has 0 bridgehead atoms. The van der Waals surface area contributed by atoms with Crippen LogP contribution in [-0.4, -0.2) is 53.0 Å². The van der Waals surface area contributed by atoms with Crippen LogP contribution in [0.25, 0.3) is 10.8 Å². The zero-order valence-corrected chi connectivity index (χ0v) is 25.3. The minimum Gasteiger partial charge on any atom is -0.444 e. The van der Waals surface area contributed by atoms with Gasteiger partial charge in [0.05, 0.1) is 6.07 Å². The first kappa shape index (κ1) is 31.5. The lowest BCUT2D eigenvalue weighted by Crippen LogP contribution is -2.52. The number of thioether (sulfide) groups is 1. The maximum absolute atomic E-state index is 14.1. The van der Waals surface area contributed by atoms with Gasteiger partial charge in [-0.15, -0.1) is 0 Å². The average molecular weight is 575 g/mol. The number of ether oxygens (including phenoxy) is 1. The SMILES string of the molecule is CSCCC(NC(=O)OC(C)(C)C)C(=O)N(CC#N)C(C(=O)Nc1ccc2ccccc2c1)c1cc(C)cc(C)c1. The van der Waals surface area contributed by atoms with Crippen LogP contribution in [-0.2, 0) is 14.3 Å². The molecule has 3 aromatic rings. The zero-order valence-electron chi connectivity index (χ0n) is 24.5. The van der Waals surface area contributed by atoms with Gasteiger partial charge in [0, 0.05) is 5.69 Å². The summed E-state index contributed by atoms with van der Waals surface area (Å²) >= 11 is 1.52. The first-order valence-corrected chi connectivity index (χ1v) is 14.8. The van der Waals surface area contributed by atoms with Crippen molar-refractivity contribution in [1.82, 2.24) is 10.2 Å². The smallest absolute Gasteiger partial charge is 0.408 e. The van der Waals surface area contributed by atoms with Crippen molar-refractivity contribution < 1.29 is 19.1 Å². The number of nitrogens with one attached hydrogen (secondary N) is 2. The van der Waals surface area contributed by atoms with E-state index in [2.05, 4.69) is 10.6 Å². The van der Waals surface area contributed by atoms with Gasteiger partial charge in [0.1, 0.15) is 24.2 Å². The third-order valence-electron chi connectivity index (χ3n) is 6.26. The number of hydrogen-bond donors (Lipinski definition) is 2. The molecule has 41 heavy (non-hydrogen) atoms. The Morgan fingerprint density at radius 2 is 1.66 bits per heavy atom. The number of aryl methyl sites for hydroxylation is 2. The lowest BCUT2D eigenvalue weighted by molar-refractivity contribution is -0.140. The molecule has 0 saturated carbocycles. The third-order valence-corrected chi connectivity index (χ3v) is 6.90. The summed E-state index contributed by atoms with van der Waals surface area (Å²) in [5.74, 6) is -0.427. The highest BCUT2D eigenvalue weighted by atomic mass is 32.2. The molecule has 216 valence electrons. The number of carbonyl (C=O) groups excluding carboxylic acids is 3. The number of hydrogen-bond acceptors (Lipinski definition) is 6. The number of benzene rings is 3. The molecule has 3 aromatic carbocycles. The van der Waals surface area contributed by atoms with Gasteiger partial charge in [0.15, 0.2) is 0 Å². The monoisotopic (exact) mass is 574 g/mol. The minimum absolute atomic E-state index is 0.299. The van der Waals surface area contributed by atoms with E-state index in [1.807, 2.05) is 80.8 Å². The number of alkyl carbamates (subject to hydrolysis) is 1. The second-order valence-electron chi connectivity index (χ2n) is 11.0. The lowest BCUT2D eigenvalue weighted by atomic mass is 9.98. The van der Waals surface area contributed by atoms with E-state index in [0.717, 1.165) is 21.9 Å². The van der Waals surface area contributed by atoms with Crippen molar-refractivity contribution in [2.75, 3.05) is 23.9 Å². The van der Waals surface area contributed by atoms with Gasteiger partial charge in [-0.3, -0.25) is 9.59 Å². The number of rotatable bonds is 10. The van der Waals surface area contributed by atoms with E-state index in [1.54, 1.807) is 26.8 Å². The Bertz CT molecular complexity index is 1420. The van der Waals surface area contributed by atoms with Crippen LogP contribution >= 0.6 is 11.8 Å². The number of nitrogens with zero attached hydrogens (tertiary/aromatic N) is 2. The second-order valence-corrected chi connectivity index (χ2v) is 12.0. The van der Waals surface area contributed by atoms with Gasteiger partial charge in [-0.05, 0) is 81.5 Å². The van der Waals surface area contributed by atoms with Gasteiger partial charge in [-0.25, -0.2) is 4.79 Å². The summed E-state index contributed by atoms with van der Waals surface area (Å²) in [5, 5.41) is 17.4. The van der Waals surface area contributed by atoms with Gasteiger partial charge in [-0.1, -0.05) is 59.7 Å². The summed E-state index contributed by atoms with van der Waals surface area (Å²) in [4.78, 5) is 42.0. The number of fused-ring (bicyclic) bond motifs is 1. The highest BCUT2D eigenvalue weighted by Crippen LogP contribution is 2.28. The van der Waals surface area contributed by atoms with Crippen LogP contribution in [0.3, 0.4) is 0 Å². The number of carbonyl (C=O) groups is 3. The molecular weight excluding hydrogens is 536 g/mol. The van der Waals surface area contributed by atoms with Crippen molar-refractivity contribution >= 4 is 46.1 Å². The molecule has 0 aliphatic heterocycles. The predicted molar refractivity (Wildman–Crippen MR) is 165 cm³/mol. The van der Waals surface area contributed by atoms with E-state index in [0.29, 0.717) is 23.4 Å². The quantitative estimate of drug-likeness (QED) is 0.282. The minimum atomic E-state index is -1.12. The summed E-state index contributed by atoms with van der Waals surface area (Å²) < 4.78 is 5.40. The highest BCUT2D eigenvalue weighted by Gasteiger charge is 2.36. The summed E-state index contributed by atoms with van der Waals surface area (Å²) in [6.07, 6.45) is 1.46.